The Morgan fingerprint density at radius 1 is 1.44 bits per heavy atom. The average Bonchev–Trinajstić information content (AvgIpc) is 3.12. The smallest absolute Gasteiger partial charge is 0.341 e. The molecule has 1 aromatic carbocycles. The molecule has 1 fully saturated rings. The maximum absolute atomic E-state index is 11.2. The highest BCUT2D eigenvalue weighted by molar-refractivity contribution is 5.95. The Bertz CT molecular complexity index is 611. The van der Waals surface area contributed by atoms with E-state index >= 15 is 0 Å². The van der Waals surface area contributed by atoms with Crippen LogP contribution in [-0.4, -0.2) is 16.2 Å². The molecule has 0 saturated heterocycles. The summed E-state index contributed by atoms with van der Waals surface area (Å²) >= 11 is 0. The Balaban J connectivity index is 2.09. The highest BCUT2D eigenvalue weighted by Crippen LogP contribution is 2.41. The molecule has 0 amide bonds. The first-order valence-electron chi connectivity index (χ1n) is 5.96. The van der Waals surface area contributed by atoms with E-state index in [1.165, 1.54) is 18.4 Å². The largest absolute Gasteiger partial charge is 0.477 e. The molecule has 1 aromatic heterocycles. The van der Waals surface area contributed by atoms with Gasteiger partial charge in [-0.05, 0) is 37.3 Å². The lowest BCUT2D eigenvalue weighted by Crippen LogP contribution is -1.99. The van der Waals surface area contributed by atoms with Gasteiger partial charge in [0.25, 0.3) is 0 Å². The first-order chi connectivity index (χ1) is 8.66. The number of carboxylic acid groups (broad SMARTS) is 1. The molecule has 92 valence electrons. The van der Waals surface area contributed by atoms with E-state index in [4.69, 9.17) is 4.52 Å². The van der Waals surface area contributed by atoms with Crippen molar-refractivity contribution < 1.29 is 14.4 Å². The third-order valence-corrected chi connectivity index (χ3v) is 3.29. The maximum Gasteiger partial charge on any atom is 0.341 e. The maximum atomic E-state index is 11.2. The summed E-state index contributed by atoms with van der Waals surface area (Å²) in [5.74, 6) is -0.0267. The van der Waals surface area contributed by atoms with E-state index < -0.39 is 5.97 Å². The summed E-state index contributed by atoms with van der Waals surface area (Å²) in [4.78, 5) is 11.2. The highest BCUT2D eigenvalue weighted by atomic mass is 16.5. The molecule has 0 aliphatic heterocycles. The Labute approximate surface area is 104 Å². The first-order valence-corrected chi connectivity index (χ1v) is 5.96. The van der Waals surface area contributed by atoms with Crippen LogP contribution in [0.2, 0.25) is 0 Å². The van der Waals surface area contributed by atoms with Gasteiger partial charge in [-0.3, -0.25) is 0 Å². The zero-order chi connectivity index (χ0) is 12.7. The number of carbonyl (C=O) groups is 1. The van der Waals surface area contributed by atoms with E-state index in [1.54, 1.807) is 6.92 Å². The summed E-state index contributed by atoms with van der Waals surface area (Å²) in [7, 11) is 0. The zero-order valence-electron chi connectivity index (χ0n) is 10.0. The molecule has 0 bridgehead atoms. The van der Waals surface area contributed by atoms with Gasteiger partial charge in [0.2, 0.25) is 0 Å². The molecule has 1 heterocycles. The van der Waals surface area contributed by atoms with Crippen molar-refractivity contribution in [3.63, 3.8) is 0 Å². The summed E-state index contributed by atoms with van der Waals surface area (Å²) in [6, 6.07) is 7.91. The van der Waals surface area contributed by atoms with E-state index in [2.05, 4.69) is 11.2 Å². The summed E-state index contributed by atoms with van der Waals surface area (Å²) in [5.41, 5.74) is 2.64. The summed E-state index contributed by atoms with van der Waals surface area (Å²) in [6.45, 7) is 1.62. The van der Waals surface area contributed by atoms with Crippen molar-refractivity contribution in [3.8, 4) is 11.3 Å². The average molecular weight is 243 g/mol. The second kappa shape index (κ2) is 3.98. The third-order valence-electron chi connectivity index (χ3n) is 3.29. The van der Waals surface area contributed by atoms with Crippen molar-refractivity contribution in [3.05, 3.63) is 41.2 Å². The van der Waals surface area contributed by atoms with Gasteiger partial charge in [-0.2, -0.15) is 0 Å². The Kier molecular flexibility index (Phi) is 2.44. The Morgan fingerprint density at radius 3 is 2.89 bits per heavy atom. The quantitative estimate of drug-likeness (QED) is 0.898. The molecule has 4 heteroatoms. The van der Waals surface area contributed by atoms with Crippen LogP contribution in [-0.2, 0) is 0 Å². The molecule has 2 aromatic rings. The van der Waals surface area contributed by atoms with Gasteiger partial charge >= 0.3 is 5.97 Å². The van der Waals surface area contributed by atoms with Gasteiger partial charge in [-0.1, -0.05) is 23.4 Å². The SMILES string of the molecule is Cc1onc(-c2cccc(C3CC3)c2)c1C(=O)O. The topological polar surface area (TPSA) is 63.3 Å². The normalized spacial score (nSPS) is 14.7. The minimum Gasteiger partial charge on any atom is -0.477 e. The van der Waals surface area contributed by atoms with Crippen LogP contribution < -0.4 is 0 Å². The van der Waals surface area contributed by atoms with Crippen LogP contribution in [0.25, 0.3) is 11.3 Å². The molecule has 1 aliphatic rings. The van der Waals surface area contributed by atoms with Crippen LogP contribution in [0.15, 0.2) is 28.8 Å². The van der Waals surface area contributed by atoms with Crippen LogP contribution in [0.5, 0.6) is 0 Å². The molecular weight excluding hydrogens is 230 g/mol. The number of aromatic nitrogens is 1. The molecule has 1 saturated carbocycles. The monoisotopic (exact) mass is 243 g/mol. The molecule has 0 radical (unpaired) electrons. The fraction of sp³-hybridized carbons (Fsp3) is 0.286. The molecule has 3 rings (SSSR count). The fourth-order valence-corrected chi connectivity index (χ4v) is 2.18. The van der Waals surface area contributed by atoms with Crippen LogP contribution in [0.1, 0.15) is 40.4 Å². The number of aryl methyl sites for hydroxylation is 1. The van der Waals surface area contributed by atoms with Gasteiger partial charge in [0.1, 0.15) is 17.0 Å². The number of carboxylic acids is 1. The van der Waals surface area contributed by atoms with Crippen molar-refractivity contribution >= 4 is 5.97 Å². The van der Waals surface area contributed by atoms with Crippen LogP contribution in [0, 0.1) is 6.92 Å². The molecule has 4 nitrogen and oxygen atoms in total. The zero-order valence-corrected chi connectivity index (χ0v) is 10.0. The predicted molar refractivity (Wildman–Crippen MR) is 65.6 cm³/mol. The summed E-state index contributed by atoms with van der Waals surface area (Å²) < 4.78 is 5.00. The minimum atomic E-state index is -0.999. The number of benzene rings is 1. The third kappa shape index (κ3) is 1.79. The number of aromatic carboxylic acids is 1. The van der Waals surface area contributed by atoms with Crippen molar-refractivity contribution in [2.45, 2.75) is 25.7 Å². The Hall–Kier alpha value is -2.10. The molecule has 0 unspecified atom stereocenters. The Morgan fingerprint density at radius 2 is 2.22 bits per heavy atom. The van der Waals surface area contributed by atoms with E-state index in [0.29, 0.717) is 17.4 Å². The van der Waals surface area contributed by atoms with E-state index in [0.717, 1.165) is 5.56 Å². The van der Waals surface area contributed by atoms with Crippen molar-refractivity contribution in [2.24, 2.45) is 0 Å². The minimum absolute atomic E-state index is 0.156. The number of nitrogens with zero attached hydrogens (tertiary/aromatic N) is 1. The lowest BCUT2D eigenvalue weighted by atomic mass is 10.0. The van der Waals surface area contributed by atoms with Gasteiger partial charge in [0.05, 0.1) is 0 Å². The first kappa shape index (κ1) is 11.0. The van der Waals surface area contributed by atoms with Crippen LogP contribution in [0.4, 0.5) is 0 Å². The van der Waals surface area contributed by atoms with Gasteiger partial charge < -0.3 is 9.63 Å². The molecular formula is C14H13NO3. The lowest BCUT2D eigenvalue weighted by Gasteiger charge is -2.02. The van der Waals surface area contributed by atoms with Crippen molar-refractivity contribution in [1.29, 1.82) is 0 Å². The van der Waals surface area contributed by atoms with Crippen molar-refractivity contribution in [2.75, 3.05) is 0 Å². The van der Waals surface area contributed by atoms with E-state index in [1.807, 2.05) is 18.2 Å². The molecule has 1 aliphatic carbocycles. The van der Waals surface area contributed by atoms with Crippen molar-refractivity contribution in [1.82, 2.24) is 5.16 Å². The van der Waals surface area contributed by atoms with Crippen LogP contribution >= 0.6 is 0 Å². The van der Waals surface area contributed by atoms with Gasteiger partial charge in [-0.15, -0.1) is 0 Å². The molecule has 0 atom stereocenters. The van der Waals surface area contributed by atoms with E-state index in [-0.39, 0.29) is 5.56 Å². The van der Waals surface area contributed by atoms with Gasteiger partial charge in [0.15, 0.2) is 0 Å². The predicted octanol–water partition coefficient (Wildman–Crippen LogP) is 3.23. The number of rotatable bonds is 3. The summed E-state index contributed by atoms with van der Waals surface area (Å²) in [5, 5.41) is 13.1. The van der Waals surface area contributed by atoms with Crippen LogP contribution in [0.3, 0.4) is 0 Å². The second-order valence-electron chi connectivity index (χ2n) is 4.67. The molecule has 18 heavy (non-hydrogen) atoms. The molecule has 1 N–H and O–H groups in total. The van der Waals surface area contributed by atoms with Gasteiger partial charge in [-0.25, -0.2) is 4.79 Å². The number of hydrogen-bond donors (Lipinski definition) is 1. The van der Waals surface area contributed by atoms with E-state index in [9.17, 15) is 9.90 Å². The number of hydrogen-bond acceptors (Lipinski definition) is 3. The van der Waals surface area contributed by atoms with Gasteiger partial charge in [0, 0.05) is 5.56 Å². The lowest BCUT2D eigenvalue weighted by molar-refractivity contribution is 0.0696. The fourth-order valence-electron chi connectivity index (χ4n) is 2.18. The molecule has 0 spiro atoms. The summed E-state index contributed by atoms with van der Waals surface area (Å²) in [6.07, 6.45) is 2.43. The standard InChI is InChI=1S/C14H13NO3/c1-8-12(14(16)17)13(15-18-8)11-4-2-3-10(7-11)9-5-6-9/h2-4,7,9H,5-6H2,1H3,(H,16,17). The highest BCUT2D eigenvalue weighted by Gasteiger charge is 2.25. The second-order valence-corrected chi connectivity index (χ2v) is 4.67.